The molecule has 9 heteroatoms. The molecule has 0 saturated carbocycles. The van der Waals surface area contributed by atoms with Gasteiger partial charge in [0.15, 0.2) is 0 Å². The van der Waals surface area contributed by atoms with Gasteiger partial charge in [0, 0.05) is 5.69 Å². The quantitative estimate of drug-likeness (QED) is 0.630. The third-order valence-corrected chi connectivity index (χ3v) is 4.69. The van der Waals surface area contributed by atoms with Crippen molar-refractivity contribution in [2.24, 2.45) is 0 Å². The van der Waals surface area contributed by atoms with Crippen LogP contribution in [0.2, 0.25) is 0 Å². The fourth-order valence-electron chi connectivity index (χ4n) is 2.49. The van der Waals surface area contributed by atoms with E-state index < -0.39 is 5.97 Å². The van der Waals surface area contributed by atoms with Crippen molar-refractivity contribution in [2.75, 3.05) is 11.1 Å². The second-order valence-corrected chi connectivity index (χ2v) is 6.83. The summed E-state index contributed by atoms with van der Waals surface area (Å²) in [5.74, 6) is -1.13. The third kappa shape index (κ3) is 4.50. The van der Waals surface area contributed by atoms with Crippen molar-refractivity contribution in [1.29, 1.82) is 0 Å². The van der Waals surface area contributed by atoms with Crippen LogP contribution in [-0.4, -0.2) is 42.9 Å². The number of nitrogens with zero attached hydrogens (tertiary/aromatic N) is 4. The Morgan fingerprint density at radius 2 is 1.89 bits per heavy atom. The molecule has 2 N–H and O–H groups in total. The van der Waals surface area contributed by atoms with Gasteiger partial charge in [0.2, 0.25) is 11.1 Å². The minimum Gasteiger partial charge on any atom is -0.478 e. The molecule has 0 aliphatic carbocycles. The summed E-state index contributed by atoms with van der Waals surface area (Å²) in [5.41, 5.74) is 3.73. The van der Waals surface area contributed by atoms with E-state index in [1.807, 2.05) is 32.0 Å². The van der Waals surface area contributed by atoms with Gasteiger partial charge in [-0.25, -0.2) is 4.79 Å². The first-order valence-electron chi connectivity index (χ1n) is 8.06. The van der Waals surface area contributed by atoms with Crippen LogP contribution in [0.25, 0.3) is 5.69 Å². The molecule has 2 aromatic carbocycles. The molecule has 8 nitrogen and oxygen atoms in total. The molecule has 0 bridgehead atoms. The molecule has 1 heterocycles. The fourth-order valence-corrected chi connectivity index (χ4v) is 3.17. The zero-order valence-electron chi connectivity index (χ0n) is 14.7. The van der Waals surface area contributed by atoms with Crippen LogP contribution < -0.4 is 5.32 Å². The lowest BCUT2D eigenvalue weighted by Crippen LogP contribution is -2.14. The normalized spacial score (nSPS) is 10.6. The lowest BCUT2D eigenvalue weighted by molar-refractivity contribution is -0.113. The maximum absolute atomic E-state index is 12.2. The number of carboxylic acids is 1. The van der Waals surface area contributed by atoms with E-state index in [-0.39, 0.29) is 17.2 Å². The first kappa shape index (κ1) is 18.6. The summed E-state index contributed by atoms with van der Waals surface area (Å²) >= 11 is 1.22. The van der Waals surface area contributed by atoms with Crippen LogP contribution in [0.3, 0.4) is 0 Å². The summed E-state index contributed by atoms with van der Waals surface area (Å²) in [5, 5.41) is 23.8. The monoisotopic (exact) mass is 383 g/mol. The molecule has 0 aliphatic rings. The molecular weight excluding hydrogens is 366 g/mol. The SMILES string of the molecule is Cc1ccc(-n2nnnc2SCC(=O)Nc2ccc(C(=O)O)cc2)c(C)c1. The number of hydrogen-bond donors (Lipinski definition) is 2. The van der Waals surface area contributed by atoms with Gasteiger partial charge in [-0.15, -0.1) is 5.10 Å². The molecule has 0 unspecified atom stereocenters. The largest absolute Gasteiger partial charge is 0.478 e. The van der Waals surface area contributed by atoms with Gasteiger partial charge in [0.05, 0.1) is 17.0 Å². The number of aromatic carboxylic acids is 1. The summed E-state index contributed by atoms with van der Waals surface area (Å²) in [6.45, 7) is 3.99. The lowest BCUT2D eigenvalue weighted by atomic mass is 10.1. The van der Waals surface area contributed by atoms with Crippen molar-refractivity contribution in [3.63, 3.8) is 0 Å². The average Bonchev–Trinajstić information content (AvgIpc) is 3.09. The summed E-state index contributed by atoms with van der Waals surface area (Å²) < 4.78 is 1.61. The highest BCUT2D eigenvalue weighted by atomic mass is 32.2. The Hall–Kier alpha value is -3.20. The van der Waals surface area contributed by atoms with E-state index in [2.05, 4.69) is 20.8 Å². The second kappa shape index (κ2) is 8.00. The highest BCUT2D eigenvalue weighted by Gasteiger charge is 2.13. The topological polar surface area (TPSA) is 110 Å². The van der Waals surface area contributed by atoms with E-state index in [9.17, 15) is 9.59 Å². The van der Waals surface area contributed by atoms with Gasteiger partial charge in [0.1, 0.15) is 0 Å². The van der Waals surface area contributed by atoms with Crippen molar-refractivity contribution in [2.45, 2.75) is 19.0 Å². The van der Waals surface area contributed by atoms with E-state index >= 15 is 0 Å². The van der Waals surface area contributed by atoms with Gasteiger partial charge in [-0.3, -0.25) is 4.79 Å². The molecule has 1 amide bonds. The highest BCUT2D eigenvalue weighted by molar-refractivity contribution is 7.99. The van der Waals surface area contributed by atoms with Gasteiger partial charge in [-0.05, 0) is 60.2 Å². The van der Waals surface area contributed by atoms with Crippen LogP contribution in [0, 0.1) is 13.8 Å². The number of amides is 1. The van der Waals surface area contributed by atoms with Gasteiger partial charge >= 0.3 is 5.97 Å². The van der Waals surface area contributed by atoms with Crippen molar-refractivity contribution < 1.29 is 14.7 Å². The standard InChI is InChI=1S/C18H17N5O3S/c1-11-3-8-15(12(2)9-11)23-18(20-21-22-23)27-10-16(24)19-14-6-4-13(5-7-14)17(25)26/h3-9H,10H2,1-2H3,(H,19,24)(H,25,26). The zero-order chi connectivity index (χ0) is 19.4. The summed E-state index contributed by atoms with van der Waals surface area (Å²) in [7, 11) is 0. The van der Waals surface area contributed by atoms with E-state index in [4.69, 9.17) is 5.11 Å². The summed E-state index contributed by atoms with van der Waals surface area (Å²) in [6.07, 6.45) is 0. The second-order valence-electron chi connectivity index (χ2n) is 5.88. The number of carbonyl (C=O) groups is 2. The molecule has 1 aromatic heterocycles. The Kier molecular flexibility index (Phi) is 5.51. The Morgan fingerprint density at radius 3 is 2.56 bits per heavy atom. The van der Waals surface area contributed by atoms with E-state index in [0.29, 0.717) is 10.8 Å². The van der Waals surface area contributed by atoms with Gasteiger partial charge in [-0.2, -0.15) is 4.68 Å². The number of nitrogens with one attached hydrogen (secondary N) is 1. The van der Waals surface area contributed by atoms with Crippen LogP contribution in [0.4, 0.5) is 5.69 Å². The first-order valence-corrected chi connectivity index (χ1v) is 9.04. The van der Waals surface area contributed by atoms with Crippen LogP contribution in [-0.2, 0) is 4.79 Å². The molecule has 0 atom stereocenters. The summed E-state index contributed by atoms with van der Waals surface area (Å²) in [4.78, 5) is 23.0. The maximum Gasteiger partial charge on any atom is 0.335 e. The Labute approximate surface area is 159 Å². The van der Waals surface area contributed by atoms with Crippen molar-refractivity contribution >= 4 is 29.3 Å². The zero-order valence-corrected chi connectivity index (χ0v) is 15.5. The number of aromatic nitrogens is 4. The van der Waals surface area contributed by atoms with E-state index in [1.165, 1.54) is 23.9 Å². The molecule has 0 spiro atoms. The number of benzene rings is 2. The van der Waals surface area contributed by atoms with Crippen LogP contribution in [0.15, 0.2) is 47.6 Å². The Bertz CT molecular complexity index is 985. The lowest BCUT2D eigenvalue weighted by Gasteiger charge is -2.08. The molecule has 0 fully saturated rings. The predicted molar refractivity (Wildman–Crippen MR) is 101 cm³/mol. The van der Waals surface area contributed by atoms with Crippen molar-refractivity contribution in [3.05, 3.63) is 59.2 Å². The smallest absolute Gasteiger partial charge is 0.335 e. The Balaban J connectivity index is 1.64. The van der Waals surface area contributed by atoms with Gasteiger partial charge < -0.3 is 10.4 Å². The van der Waals surface area contributed by atoms with E-state index in [0.717, 1.165) is 16.8 Å². The number of rotatable bonds is 6. The molecule has 0 radical (unpaired) electrons. The van der Waals surface area contributed by atoms with E-state index in [1.54, 1.807) is 16.8 Å². The molecule has 138 valence electrons. The van der Waals surface area contributed by atoms with Gasteiger partial charge in [0.25, 0.3) is 0 Å². The van der Waals surface area contributed by atoms with Crippen LogP contribution >= 0.6 is 11.8 Å². The molecule has 3 rings (SSSR count). The molecular formula is C18H17N5O3S. The minimum atomic E-state index is -1.01. The Morgan fingerprint density at radius 1 is 1.15 bits per heavy atom. The molecule has 0 aliphatic heterocycles. The average molecular weight is 383 g/mol. The highest BCUT2D eigenvalue weighted by Crippen LogP contribution is 2.21. The number of anilines is 1. The van der Waals surface area contributed by atoms with Gasteiger partial charge in [-0.1, -0.05) is 29.5 Å². The number of carbonyl (C=O) groups excluding carboxylic acids is 1. The van der Waals surface area contributed by atoms with Crippen LogP contribution in [0.1, 0.15) is 21.5 Å². The molecule has 3 aromatic rings. The predicted octanol–water partition coefficient (Wildman–Crippen LogP) is 2.71. The minimum absolute atomic E-state index is 0.117. The molecule has 27 heavy (non-hydrogen) atoms. The van der Waals surface area contributed by atoms with Crippen LogP contribution in [0.5, 0.6) is 0 Å². The number of tetrazole rings is 1. The van der Waals surface area contributed by atoms with Crippen molar-refractivity contribution in [1.82, 2.24) is 20.2 Å². The molecule has 0 saturated heterocycles. The fraction of sp³-hybridized carbons (Fsp3) is 0.167. The number of thioether (sulfide) groups is 1. The number of hydrogen-bond acceptors (Lipinski definition) is 6. The maximum atomic E-state index is 12.2. The number of carboxylic acid groups (broad SMARTS) is 1. The third-order valence-electron chi connectivity index (χ3n) is 3.77. The first-order chi connectivity index (χ1) is 12.9. The number of aryl methyl sites for hydroxylation is 2. The summed E-state index contributed by atoms with van der Waals surface area (Å²) in [6, 6.07) is 11.9. The van der Waals surface area contributed by atoms with Crippen molar-refractivity contribution in [3.8, 4) is 5.69 Å².